The number of allylic oxidation sites excluding steroid dienone is 1. The van der Waals surface area contributed by atoms with Gasteiger partial charge in [-0.2, -0.15) is 0 Å². The van der Waals surface area contributed by atoms with Gasteiger partial charge in [0, 0.05) is 22.8 Å². The Kier molecular flexibility index (Phi) is 2.93. The Morgan fingerprint density at radius 3 is 2.71 bits per heavy atom. The minimum absolute atomic E-state index is 0.333. The molecule has 0 spiro atoms. The molecule has 0 saturated carbocycles. The van der Waals surface area contributed by atoms with Crippen LogP contribution in [0.3, 0.4) is 0 Å². The molecule has 0 aromatic heterocycles. The van der Waals surface area contributed by atoms with Crippen LogP contribution in [0.5, 0.6) is 0 Å². The van der Waals surface area contributed by atoms with Gasteiger partial charge in [-0.25, -0.2) is 0 Å². The Morgan fingerprint density at radius 2 is 2.00 bits per heavy atom. The molecule has 3 heteroatoms. The first-order valence-corrected chi connectivity index (χ1v) is 6.65. The molecule has 0 aliphatic carbocycles. The van der Waals surface area contributed by atoms with Crippen LogP contribution >= 0.6 is 15.9 Å². The van der Waals surface area contributed by atoms with Crippen LogP contribution in [0.4, 0.5) is 0 Å². The van der Waals surface area contributed by atoms with Gasteiger partial charge in [-0.05, 0) is 42.3 Å². The monoisotopic (exact) mass is 288 g/mol. The Balaban J connectivity index is 1.73. The minimum atomic E-state index is 0.333. The Hall–Kier alpha value is -1.22. The lowest BCUT2D eigenvalue weighted by Gasteiger charge is -2.08. The first-order chi connectivity index (χ1) is 8.33. The van der Waals surface area contributed by atoms with Gasteiger partial charge in [-0.15, -0.1) is 0 Å². The fourth-order valence-corrected chi connectivity index (χ4v) is 2.52. The molecule has 0 radical (unpaired) electrons. The Morgan fingerprint density at radius 1 is 1.18 bits per heavy atom. The molecule has 0 amide bonds. The summed E-state index contributed by atoms with van der Waals surface area (Å²) in [6.07, 6.45) is 7.18. The summed E-state index contributed by atoms with van der Waals surface area (Å²) >= 11 is 3.45. The smallest absolute Gasteiger partial charge is 0.0883 e. The standard InChI is InChI=1S/C14H13BrN2/c15-12-5-3-10(4-6-12)11-8-14(17-9-11)13-2-1-7-16-13/h3-7,9,13H,1-2,8H2/t13-/m0/s1. The van der Waals surface area contributed by atoms with E-state index in [1.54, 1.807) is 0 Å². The van der Waals surface area contributed by atoms with E-state index in [0.717, 1.165) is 23.7 Å². The zero-order valence-electron chi connectivity index (χ0n) is 9.44. The van der Waals surface area contributed by atoms with E-state index in [-0.39, 0.29) is 0 Å². The van der Waals surface area contributed by atoms with Crippen LogP contribution in [0.2, 0.25) is 0 Å². The van der Waals surface area contributed by atoms with Gasteiger partial charge in [0.15, 0.2) is 0 Å². The van der Waals surface area contributed by atoms with Gasteiger partial charge in [-0.1, -0.05) is 28.1 Å². The number of rotatable bonds is 2. The van der Waals surface area contributed by atoms with Crippen molar-refractivity contribution in [3.05, 3.63) is 40.5 Å². The molecule has 0 N–H and O–H groups in total. The number of nitrogens with zero attached hydrogens (tertiary/aromatic N) is 2. The van der Waals surface area contributed by atoms with Crippen molar-refractivity contribution in [1.82, 2.24) is 0 Å². The fraction of sp³-hybridized carbons (Fsp3) is 0.286. The quantitative estimate of drug-likeness (QED) is 0.789. The van der Waals surface area contributed by atoms with Crippen molar-refractivity contribution in [3.63, 3.8) is 0 Å². The fourth-order valence-electron chi connectivity index (χ4n) is 2.25. The first-order valence-electron chi connectivity index (χ1n) is 5.86. The van der Waals surface area contributed by atoms with Crippen LogP contribution < -0.4 is 0 Å². The largest absolute Gasteiger partial charge is 0.288 e. The van der Waals surface area contributed by atoms with Crippen LogP contribution in [0, 0.1) is 0 Å². The van der Waals surface area contributed by atoms with E-state index in [1.165, 1.54) is 16.8 Å². The van der Waals surface area contributed by atoms with E-state index in [9.17, 15) is 0 Å². The van der Waals surface area contributed by atoms with E-state index in [0.29, 0.717) is 6.04 Å². The molecule has 1 aromatic rings. The lowest BCUT2D eigenvalue weighted by Crippen LogP contribution is -2.13. The highest BCUT2D eigenvalue weighted by Crippen LogP contribution is 2.28. The maximum atomic E-state index is 4.53. The second kappa shape index (κ2) is 4.57. The first kappa shape index (κ1) is 10.9. The zero-order valence-corrected chi connectivity index (χ0v) is 11.0. The van der Waals surface area contributed by atoms with Gasteiger partial charge in [0.2, 0.25) is 0 Å². The second-order valence-electron chi connectivity index (χ2n) is 4.38. The third-order valence-electron chi connectivity index (χ3n) is 3.21. The molecule has 2 aliphatic heterocycles. The van der Waals surface area contributed by atoms with Gasteiger partial charge < -0.3 is 0 Å². The van der Waals surface area contributed by atoms with Crippen molar-refractivity contribution >= 4 is 33.4 Å². The maximum Gasteiger partial charge on any atom is 0.0883 e. The van der Waals surface area contributed by atoms with Gasteiger partial charge in [0.25, 0.3) is 0 Å². The summed E-state index contributed by atoms with van der Waals surface area (Å²) in [6, 6.07) is 8.74. The Labute approximate surface area is 109 Å². The van der Waals surface area contributed by atoms with Gasteiger partial charge >= 0.3 is 0 Å². The summed E-state index contributed by atoms with van der Waals surface area (Å²) in [6.45, 7) is 0. The predicted octanol–water partition coefficient (Wildman–Crippen LogP) is 3.87. The molecular weight excluding hydrogens is 276 g/mol. The molecule has 1 atom stereocenters. The summed E-state index contributed by atoms with van der Waals surface area (Å²) in [4.78, 5) is 8.99. The highest BCUT2D eigenvalue weighted by atomic mass is 79.9. The molecule has 2 nitrogen and oxygen atoms in total. The second-order valence-corrected chi connectivity index (χ2v) is 5.30. The number of hydrogen-bond acceptors (Lipinski definition) is 2. The van der Waals surface area contributed by atoms with E-state index in [1.807, 2.05) is 12.4 Å². The number of hydrogen-bond donors (Lipinski definition) is 0. The van der Waals surface area contributed by atoms with Crippen molar-refractivity contribution in [2.75, 3.05) is 0 Å². The zero-order chi connectivity index (χ0) is 11.7. The topological polar surface area (TPSA) is 24.7 Å². The summed E-state index contributed by atoms with van der Waals surface area (Å²) in [5.41, 5.74) is 3.78. The average molecular weight is 289 g/mol. The van der Waals surface area contributed by atoms with Crippen LogP contribution in [-0.2, 0) is 0 Å². The molecule has 86 valence electrons. The summed E-state index contributed by atoms with van der Waals surface area (Å²) < 4.78 is 1.11. The molecule has 1 aromatic carbocycles. The van der Waals surface area contributed by atoms with Crippen molar-refractivity contribution in [3.8, 4) is 0 Å². The van der Waals surface area contributed by atoms with Crippen molar-refractivity contribution in [2.45, 2.75) is 25.3 Å². The third-order valence-corrected chi connectivity index (χ3v) is 3.74. The SMILES string of the molecule is Brc1ccc(C2=CN=C([C@@H]3CCC=N3)C2)cc1. The van der Waals surface area contributed by atoms with Gasteiger partial charge in [0.1, 0.15) is 0 Å². The van der Waals surface area contributed by atoms with Crippen LogP contribution in [-0.4, -0.2) is 18.0 Å². The van der Waals surface area contributed by atoms with Crippen LogP contribution in [0.1, 0.15) is 24.8 Å². The van der Waals surface area contributed by atoms with E-state index < -0.39 is 0 Å². The summed E-state index contributed by atoms with van der Waals surface area (Å²) in [7, 11) is 0. The van der Waals surface area contributed by atoms with E-state index in [2.05, 4.69) is 50.2 Å². The average Bonchev–Trinajstić information content (AvgIpc) is 3.00. The number of halogens is 1. The minimum Gasteiger partial charge on any atom is -0.288 e. The molecule has 0 fully saturated rings. The number of aliphatic imine (C=N–C) groups is 2. The van der Waals surface area contributed by atoms with Gasteiger partial charge in [0.05, 0.1) is 6.04 Å². The summed E-state index contributed by atoms with van der Waals surface area (Å²) in [5.74, 6) is 0. The number of benzene rings is 1. The molecular formula is C14H13BrN2. The highest BCUT2D eigenvalue weighted by Gasteiger charge is 2.21. The molecule has 2 aliphatic rings. The maximum absolute atomic E-state index is 4.53. The normalized spacial score (nSPS) is 22.8. The lowest BCUT2D eigenvalue weighted by molar-refractivity contribution is 0.836. The predicted molar refractivity (Wildman–Crippen MR) is 75.7 cm³/mol. The summed E-state index contributed by atoms with van der Waals surface area (Å²) in [5, 5.41) is 0. The molecule has 3 rings (SSSR count). The van der Waals surface area contributed by atoms with E-state index >= 15 is 0 Å². The highest BCUT2D eigenvalue weighted by molar-refractivity contribution is 9.10. The van der Waals surface area contributed by atoms with Crippen molar-refractivity contribution < 1.29 is 0 Å². The third kappa shape index (κ3) is 2.25. The molecule has 2 heterocycles. The van der Waals surface area contributed by atoms with Crippen molar-refractivity contribution in [2.24, 2.45) is 9.98 Å². The molecule has 0 unspecified atom stereocenters. The molecule has 0 saturated heterocycles. The molecule has 17 heavy (non-hydrogen) atoms. The molecule has 0 bridgehead atoms. The van der Waals surface area contributed by atoms with Crippen LogP contribution in [0.25, 0.3) is 5.57 Å². The van der Waals surface area contributed by atoms with Crippen molar-refractivity contribution in [1.29, 1.82) is 0 Å². The Bertz CT molecular complexity index is 512. The van der Waals surface area contributed by atoms with Gasteiger partial charge in [-0.3, -0.25) is 9.98 Å². The van der Waals surface area contributed by atoms with E-state index in [4.69, 9.17) is 0 Å². The van der Waals surface area contributed by atoms with Crippen LogP contribution in [0.15, 0.2) is 44.9 Å². The lowest BCUT2D eigenvalue weighted by atomic mass is 9.99.